The van der Waals surface area contributed by atoms with Gasteiger partial charge in [0.05, 0.1) is 5.70 Å². The summed E-state index contributed by atoms with van der Waals surface area (Å²) in [6.07, 6.45) is 16.9. The van der Waals surface area contributed by atoms with Gasteiger partial charge in [-0.3, -0.25) is 0 Å². The van der Waals surface area contributed by atoms with E-state index in [1.807, 2.05) is 44.4 Å². The monoisotopic (exact) mass is 254 g/mol. The Morgan fingerprint density at radius 3 is 2.95 bits per heavy atom. The van der Waals surface area contributed by atoms with E-state index in [-0.39, 0.29) is 0 Å². The third-order valence-electron chi connectivity index (χ3n) is 2.64. The average Bonchev–Trinajstić information content (AvgIpc) is 2.47. The van der Waals surface area contributed by atoms with Crippen LogP contribution in [0.25, 0.3) is 0 Å². The Hall–Kier alpha value is -2.09. The Kier molecular flexibility index (Phi) is 6.37. The normalized spacial score (nSPS) is 20.5. The summed E-state index contributed by atoms with van der Waals surface area (Å²) in [5, 5.41) is 0. The van der Waals surface area contributed by atoms with Crippen LogP contribution in [-0.2, 0) is 0 Å². The van der Waals surface area contributed by atoms with Crippen molar-refractivity contribution in [2.45, 2.75) is 13.3 Å². The lowest BCUT2D eigenvalue weighted by Crippen LogP contribution is -2.28. The number of amidine groups is 1. The van der Waals surface area contributed by atoms with E-state index >= 15 is 0 Å². The van der Waals surface area contributed by atoms with Crippen LogP contribution >= 0.6 is 0 Å². The number of aliphatic imine (C=N–C) groups is 1. The maximum Gasteiger partial charge on any atom is 0.136 e. The summed E-state index contributed by atoms with van der Waals surface area (Å²) in [5.41, 5.74) is 1.84. The van der Waals surface area contributed by atoms with Crippen LogP contribution in [0.15, 0.2) is 78.0 Å². The molecule has 0 N–H and O–H groups in total. The summed E-state index contributed by atoms with van der Waals surface area (Å²) >= 11 is 0. The third-order valence-corrected chi connectivity index (χ3v) is 2.64. The third kappa shape index (κ3) is 4.96. The van der Waals surface area contributed by atoms with E-state index in [4.69, 9.17) is 0 Å². The zero-order chi connectivity index (χ0) is 14.1. The number of nitrogens with zero attached hydrogens (tertiary/aromatic N) is 2. The summed E-state index contributed by atoms with van der Waals surface area (Å²) in [6.45, 7) is 10.5. The van der Waals surface area contributed by atoms with Crippen LogP contribution in [0.2, 0.25) is 0 Å². The summed E-state index contributed by atoms with van der Waals surface area (Å²) in [7, 11) is 2.03. The highest BCUT2D eigenvalue weighted by atomic mass is 15.2. The van der Waals surface area contributed by atoms with Crippen molar-refractivity contribution >= 4 is 5.84 Å². The van der Waals surface area contributed by atoms with Gasteiger partial charge in [0.2, 0.25) is 0 Å². The van der Waals surface area contributed by atoms with E-state index in [0.29, 0.717) is 0 Å². The first-order valence-electron chi connectivity index (χ1n) is 6.45. The summed E-state index contributed by atoms with van der Waals surface area (Å²) in [5.74, 6) is 0.932. The number of allylic oxidation sites excluding steroid dienone is 6. The molecule has 0 saturated carbocycles. The van der Waals surface area contributed by atoms with Crippen molar-refractivity contribution in [3.8, 4) is 0 Å². The molecule has 0 atom stereocenters. The summed E-state index contributed by atoms with van der Waals surface area (Å²) in [4.78, 5) is 6.73. The lowest BCUT2D eigenvalue weighted by molar-refractivity contribution is 0.564. The molecule has 0 bridgehead atoms. The fraction of sp³-hybridized carbons (Fsp3) is 0.235. The van der Waals surface area contributed by atoms with Crippen LogP contribution in [0.5, 0.6) is 0 Å². The van der Waals surface area contributed by atoms with E-state index in [9.17, 15) is 0 Å². The predicted octanol–water partition coefficient (Wildman–Crippen LogP) is 4.04. The van der Waals surface area contributed by atoms with E-state index in [0.717, 1.165) is 30.1 Å². The molecule has 0 aromatic carbocycles. The van der Waals surface area contributed by atoms with Gasteiger partial charge in [0.25, 0.3) is 0 Å². The van der Waals surface area contributed by atoms with Crippen molar-refractivity contribution in [1.29, 1.82) is 0 Å². The summed E-state index contributed by atoms with van der Waals surface area (Å²) < 4.78 is 0. The molecule has 2 nitrogen and oxygen atoms in total. The van der Waals surface area contributed by atoms with E-state index in [2.05, 4.69) is 41.3 Å². The molecule has 0 saturated heterocycles. The minimum atomic E-state index is 0.752. The maximum absolute atomic E-state index is 4.62. The smallest absolute Gasteiger partial charge is 0.136 e. The molecule has 0 spiro atoms. The zero-order valence-corrected chi connectivity index (χ0v) is 11.8. The molecular formula is C17H22N2. The molecule has 0 aromatic heterocycles. The molecule has 0 amide bonds. The molecule has 100 valence electrons. The largest absolute Gasteiger partial charge is 0.355 e. The Balaban J connectivity index is 3.18. The van der Waals surface area contributed by atoms with E-state index < -0.39 is 0 Å². The van der Waals surface area contributed by atoms with Gasteiger partial charge in [-0.2, -0.15) is 0 Å². The lowest BCUT2D eigenvalue weighted by Gasteiger charge is -2.20. The van der Waals surface area contributed by atoms with E-state index in [1.54, 1.807) is 0 Å². The number of rotatable bonds is 4. The molecule has 1 aliphatic rings. The van der Waals surface area contributed by atoms with Gasteiger partial charge in [-0.15, -0.1) is 6.58 Å². The SMILES string of the molecule is C=CC/C=C(\C=C/C)C1=NC(=C)/C=C\C=C/CN1C. The number of likely N-dealkylation sites (N-methyl/N-ethyl adjacent to an activating group) is 1. The highest BCUT2D eigenvalue weighted by molar-refractivity contribution is 6.01. The van der Waals surface area contributed by atoms with Crippen LogP contribution in [0, 0.1) is 0 Å². The molecule has 0 unspecified atom stereocenters. The molecule has 0 aliphatic carbocycles. The summed E-state index contributed by atoms with van der Waals surface area (Å²) in [6, 6.07) is 0. The zero-order valence-electron chi connectivity index (χ0n) is 11.8. The van der Waals surface area contributed by atoms with Gasteiger partial charge >= 0.3 is 0 Å². The predicted molar refractivity (Wildman–Crippen MR) is 85.2 cm³/mol. The molecular weight excluding hydrogens is 232 g/mol. The topological polar surface area (TPSA) is 15.6 Å². The van der Waals surface area contributed by atoms with Crippen LogP contribution in [0.3, 0.4) is 0 Å². The van der Waals surface area contributed by atoms with Crippen molar-refractivity contribution < 1.29 is 0 Å². The lowest BCUT2D eigenvalue weighted by atomic mass is 10.1. The van der Waals surface area contributed by atoms with Crippen molar-refractivity contribution in [3.05, 3.63) is 73.0 Å². The van der Waals surface area contributed by atoms with Crippen LogP contribution in [0.4, 0.5) is 0 Å². The Morgan fingerprint density at radius 2 is 2.26 bits per heavy atom. The highest BCUT2D eigenvalue weighted by Gasteiger charge is 2.09. The van der Waals surface area contributed by atoms with Crippen LogP contribution in [-0.4, -0.2) is 24.3 Å². The fourth-order valence-electron chi connectivity index (χ4n) is 1.72. The molecule has 1 aliphatic heterocycles. The first-order valence-corrected chi connectivity index (χ1v) is 6.45. The molecule has 1 rings (SSSR count). The molecule has 19 heavy (non-hydrogen) atoms. The first kappa shape index (κ1) is 15.0. The molecule has 0 fully saturated rings. The van der Waals surface area contributed by atoms with Gasteiger partial charge in [0.15, 0.2) is 0 Å². The first-order chi connectivity index (χ1) is 9.19. The maximum atomic E-state index is 4.62. The number of hydrogen-bond acceptors (Lipinski definition) is 2. The second-order valence-corrected chi connectivity index (χ2v) is 4.28. The fourth-order valence-corrected chi connectivity index (χ4v) is 1.72. The van der Waals surface area contributed by atoms with Crippen molar-refractivity contribution in [2.75, 3.05) is 13.6 Å². The average molecular weight is 254 g/mol. The quantitative estimate of drug-likeness (QED) is 0.546. The highest BCUT2D eigenvalue weighted by Crippen LogP contribution is 2.11. The number of hydrogen-bond donors (Lipinski definition) is 0. The van der Waals surface area contributed by atoms with Gasteiger partial charge in [0, 0.05) is 19.2 Å². The van der Waals surface area contributed by atoms with Crippen molar-refractivity contribution in [1.82, 2.24) is 4.90 Å². The van der Waals surface area contributed by atoms with Crippen LogP contribution in [0.1, 0.15) is 13.3 Å². The van der Waals surface area contributed by atoms with Gasteiger partial charge < -0.3 is 4.90 Å². The second-order valence-electron chi connectivity index (χ2n) is 4.28. The minimum Gasteiger partial charge on any atom is -0.355 e. The minimum absolute atomic E-state index is 0.752. The van der Waals surface area contributed by atoms with Crippen LogP contribution < -0.4 is 0 Å². The standard InChI is InChI=1S/C17H22N2/c1-5-7-13-16(11-6-2)17-18-15(3)12-9-8-10-14-19(17)4/h5-6,8-13H,1,3,7,14H2,2,4H3/b10-8-,11-6-,12-9-,16-13+,18-17?. The van der Waals surface area contributed by atoms with Crippen molar-refractivity contribution in [3.63, 3.8) is 0 Å². The van der Waals surface area contributed by atoms with Gasteiger partial charge in [-0.25, -0.2) is 4.99 Å². The Morgan fingerprint density at radius 1 is 1.47 bits per heavy atom. The van der Waals surface area contributed by atoms with Gasteiger partial charge in [0.1, 0.15) is 5.84 Å². The molecule has 0 aromatic rings. The second kappa shape index (κ2) is 8.09. The van der Waals surface area contributed by atoms with Gasteiger partial charge in [-0.05, 0) is 19.4 Å². The van der Waals surface area contributed by atoms with Crippen molar-refractivity contribution in [2.24, 2.45) is 4.99 Å². The Bertz CT molecular complexity index is 473. The van der Waals surface area contributed by atoms with E-state index in [1.165, 1.54) is 0 Å². The molecule has 1 heterocycles. The molecule has 2 heteroatoms. The Labute approximate surface area is 116 Å². The van der Waals surface area contributed by atoms with Gasteiger partial charge in [-0.1, -0.05) is 49.1 Å². The molecule has 0 radical (unpaired) electrons.